The van der Waals surface area contributed by atoms with Crippen LogP contribution in [-0.4, -0.2) is 28.6 Å². The van der Waals surface area contributed by atoms with E-state index < -0.39 is 17.6 Å². The highest BCUT2D eigenvalue weighted by Crippen LogP contribution is 2.57. The minimum absolute atomic E-state index is 0.0222. The van der Waals surface area contributed by atoms with Crippen molar-refractivity contribution in [2.75, 3.05) is 0 Å². The van der Waals surface area contributed by atoms with Crippen molar-refractivity contribution in [2.24, 2.45) is 11.8 Å². The Balaban J connectivity index is 1.82. The van der Waals surface area contributed by atoms with Crippen molar-refractivity contribution in [3.63, 3.8) is 0 Å². The van der Waals surface area contributed by atoms with E-state index in [1.54, 1.807) is 24.3 Å². The van der Waals surface area contributed by atoms with Crippen molar-refractivity contribution in [3.05, 3.63) is 110 Å². The van der Waals surface area contributed by atoms with Gasteiger partial charge in [-0.05, 0) is 35.8 Å². The lowest BCUT2D eigenvalue weighted by Crippen LogP contribution is -2.51. The number of hydrogen-bond donors (Lipinski definition) is 2. The van der Waals surface area contributed by atoms with Crippen LogP contribution in [0.1, 0.15) is 43.4 Å². The molecular weight excluding hydrogens is 587 g/mol. The maximum absolute atomic E-state index is 12.6. The van der Waals surface area contributed by atoms with Gasteiger partial charge in [0.2, 0.25) is 0 Å². The summed E-state index contributed by atoms with van der Waals surface area (Å²) in [4.78, 5) is 24.9. The van der Waals surface area contributed by atoms with Gasteiger partial charge >= 0.3 is 0 Å². The largest absolute Gasteiger partial charge is 0.507 e. The summed E-state index contributed by atoms with van der Waals surface area (Å²) in [6, 6.07) is 16.9. The van der Waals surface area contributed by atoms with Crippen molar-refractivity contribution < 1.29 is 29.3 Å². The number of carbonyl (C=O) groups excluding carboxylic acids is 2. The van der Waals surface area contributed by atoms with Gasteiger partial charge in [0, 0.05) is 35.1 Å². The number of phenols is 1. The van der Waals surface area contributed by atoms with Crippen molar-refractivity contribution in [1.29, 1.82) is 0 Å². The van der Waals surface area contributed by atoms with Gasteiger partial charge in [-0.1, -0.05) is 91.1 Å². The zero-order valence-corrected chi connectivity index (χ0v) is 24.5. The molecule has 3 aromatic rings. The summed E-state index contributed by atoms with van der Waals surface area (Å²) < 4.78 is 12.6. The van der Waals surface area contributed by atoms with Crippen LogP contribution in [0.25, 0.3) is 5.57 Å². The number of carbonyl (C=O) groups is 2. The third kappa shape index (κ3) is 5.09. The summed E-state index contributed by atoms with van der Waals surface area (Å²) in [6.07, 6.45) is 1.36. The number of ether oxygens (including phenoxy) is 2. The maximum atomic E-state index is 12.6. The molecule has 0 saturated carbocycles. The number of hydrogen-bond acceptors (Lipinski definition) is 6. The van der Waals surface area contributed by atoms with Crippen LogP contribution >= 0.6 is 34.8 Å². The quantitative estimate of drug-likeness (QED) is 0.250. The second-order valence-electron chi connectivity index (χ2n) is 10.4. The van der Waals surface area contributed by atoms with Crippen LogP contribution in [0.4, 0.5) is 0 Å². The van der Waals surface area contributed by atoms with Crippen LogP contribution in [0.5, 0.6) is 11.5 Å². The molecule has 2 aliphatic rings. The molecule has 0 amide bonds. The van der Waals surface area contributed by atoms with Crippen LogP contribution in [-0.2, 0) is 19.9 Å². The Kier molecular flexibility index (Phi) is 8.11. The van der Waals surface area contributed by atoms with E-state index in [2.05, 4.69) is 0 Å². The molecule has 2 N–H and O–H groups in total. The molecule has 212 valence electrons. The Bertz CT molecular complexity index is 1580. The molecule has 0 fully saturated rings. The first-order chi connectivity index (χ1) is 19.6. The second-order valence-corrected chi connectivity index (χ2v) is 11.6. The van der Waals surface area contributed by atoms with Crippen LogP contribution in [0.3, 0.4) is 0 Å². The topological polar surface area (TPSA) is 93.1 Å². The zero-order chi connectivity index (χ0) is 29.5. The van der Waals surface area contributed by atoms with E-state index in [0.717, 1.165) is 0 Å². The normalized spacial score (nSPS) is 21.5. The van der Waals surface area contributed by atoms with Crippen LogP contribution in [0.15, 0.2) is 78.1 Å². The van der Waals surface area contributed by atoms with Gasteiger partial charge in [-0.3, -0.25) is 9.59 Å². The van der Waals surface area contributed by atoms with E-state index in [9.17, 15) is 19.8 Å². The first kappa shape index (κ1) is 29.1. The Hall–Kier alpha value is -3.45. The molecule has 0 radical (unpaired) electrons. The van der Waals surface area contributed by atoms with Crippen LogP contribution < -0.4 is 4.74 Å². The number of rotatable bonds is 8. The van der Waals surface area contributed by atoms with Crippen molar-refractivity contribution >= 4 is 52.6 Å². The van der Waals surface area contributed by atoms with E-state index in [4.69, 9.17) is 44.3 Å². The SMILES string of the molecule is CC(C)C(=O)CCC1=CC2C(Oc3cc(O)c(Cl)cc3C2(OC=O)c2ccc(Cl)c(Cl)c2)C(c2ccccc2)=C1O. The van der Waals surface area contributed by atoms with E-state index >= 15 is 0 Å². The molecular formula is C32H27Cl3O6. The summed E-state index contributed by atoms with van der Waals surface area (Å²) in [5, 5.41) is 22.7. The number of aromatic hydroxyl groups is 1. The summed E-state index contributed by atoms with van der Waals surface area (Å²) >= 11 is 19.1. The minimum Gasteiger partial charge on any atom is -0.507 e. The molecule has 1 aliphatic heterocycles. The monoisotopic (exact) mass is 612 g/mol. The molecule has 3 atom stereocenters. The zero-order valence-electron chi connectivity index (χ0n) is 22.2. The molecule has 0 bridgehead atoms. The van der Waals surface area contributed by atoms with Gasteiger partial charge in [0.1, 0.15) is 29.1 Å². The lowest BCUT2D eigenvalue weighted by Gasteiger charge is -2.49. The standard InChI is InChI=1S/C32H27Cl3O6/c1-17(2)26(37)11-8-19-12-22-31(29(30(19)39)18-6-4-3-5-7-18)41-28-15-27(38)25(35)14-21(28)32(22,40-16-36)20-9-10-23(33)24(34)13-20/h3-7,9-10,12-17,22,31,38-39H,8,11H2,1-2H3. The Morgan fingerprint density at radius 1 is 1.02 bits per heavy atom. The molecule has 41 heavy (non-hydrogen) atoms. The summed E-state index contributed by atoms with van der Waals surface area (Å²) in [7, 11) is 0. The number of aliphatic hydroxyl groups excluding tert-OH is 1. The number of phenolic OH excluding ortho intramolecular Hbond substituents is 1. The van der Waals surface area contributed by atoms with Crippen molar-refractivity contribution in [1.82, 2.24) is 0 Å². The molecule has 1 aliphatic carbocycles. The average Bonchev–Trinajstić information content (AvgIpc) is 2.95. The molecule has 9 heteroatoms. The fourth-order valence-electron chi connectivity index (χ4n) is 5.61. The van der Waals surface area contributed by atoms with Crippen molar-refractivity contribution in [2.45, 2.75) is 38.4 Å². The Labute approximate surface area is 252 Å². The smallest absolute Gasteiger partial charge is 0.294 e. The summed E-state index contributed by atoms with van der Waals surface area (Å²) in [5.74, 6) is -0.923. The number of allylic oxidation sites excluding steroid dienone is 1. The first-order valence-electron chi connectivity index (χ1n) is 13.1. The number of halogens is 3. The lowest BCUT2D eigenvalue weighted by atomic mass is 9.66. The molecule has 3 aromatic carbocycles. The fourth-order valence-corrected chi connectivity index (χ4v) is 6.07. The van der Waals surface area contributed by atoms with Gasteiger partial charge in [-0.15, -0.1) is 0 Å². The van der Waals surface area contributed by atoms with E-state index in [1.807, 2.05) is 44.2 Å². The summed E-state index contributed by atoms with van der Waals surface area (Å²) in [6.45, 7) is 4.00. The second kappa shape index (κ2) is 11.4. The summed E-state index contributed by atoms with van der Waals surface area (Å²) in [5.41, 5.74) is 0.910. The molecule has 0 spiro atoms. The van der Waals surface area contributed by atoms with Gasteiger partial charge < -0.3 is 19.7 Å². The highest BCUT2D eigenvalue weighted by Gasteiger charge is 2.56. The number of Topliss-reactive ketones (excluding diaryl/α,β-unsaturated/α-hetero) is 1. The fraction of sp³-hybridized carbons (Fsp3) is 0.250. The first-order valence-corrected chi connectivity index (χ1v) is 14.2. The average molecular weight is 614 g/mol. The van der Waals surface area contributed by atoms with Gasteiger partial charge in [0.05, 0.1) is 21.0 Å². The third-order valence-electron chi connectivity index (χ3n) is 7.68. The van der Waals surface area contributed by atoms with Crippen molar-refractivity contribution in [3.8, 4) is 11.5 Å². The van der Waals surface area contributed by atoms with Gasteiger partial charge in [0.25, 0.3) is 6.47 Å². The highest BCUT2D eigenvalue weighted by molar-refractivity contribution is 6.42. The molecule has 3 unspecified atom stereocenters. The third-order valence-corrected chi connectivity index (χ3v) is 8.72. The van der Waals surface area contributed by atoms with Gasteiger partial charge in [-0.25, -0.2) is 0 Å². The number of fused-ring (bicyclic) bond motifs is 2. The van der Waals surface area contributed by atoms with E-state index in [1.165, 1.54) is 12.1 Å². The van der Waals surface area contributed by atoms with E-state index in [0.29, 0.717) is 39.3 Å². The molecule has 0 aromatic heterocycles. The molecule has 6 nitrogen and oxygen atoms in total. The number of benzene rings is 3. The number of aliphatic hydroxyl groups is 1. The molecule has 0 saturated heterocycles. The van der Waals surface area contributed by atoms with Crippen LogP contribution in [0.2, 0.25) is 15.1 Å². The highest BCUT2D eigenvalue weighted by atomic mass is 35.5. The van der Waals surface area contributed by atoms with Gasteiger partial charge in [-0.2, -0.15) is 0 Å². The Morgan fingerprint density at radius 3 is 2.41 bits per heavy atom. The van der Waals surface area contributed by atoms with Gasteiger partial charge in [0.15, 0.2) is 5.60 Å². The lowest BCUT2D eigenvalue weighted by molar-refractivity contribution is -0.148. The number of ketones is 1. The van der Waals surface area contributed by atoms with Crippen LogP contribution in [0, 0.1) is 11.8 Å². The predicted molar refractivity (Wildman–Crippen MR) is 159 cm³/mol. The Morgan fingerprint density at radius 2 is 1.76 bits per heavy atom. The molecule has 1 heterocycles. The predicted octanol–water partition coefficient (Wildman–Crippen LogP) is 8.06. The maximum Gasteiger partial charge on any atom is 0.294 e. The van der Waals surface area contributed by atoms with E-state index in [-0.39, 0.29) is 51.8 Å². The minimum atomic E-state index is -1.57. The molecule has 5 rings (SSSR count).